The van der Waals surface area contributed by atoms with Crippen LogP contribution in [0.1, 0.15) is 52.4 Å². The van der Waals surface area contributed by atoms with Gasteiger partial charge in [-0.05, 0) is 25.3 Å². The quantitative estimate of drug-likeness (QED) is 0.385. The molecule has 4 nitrogen and oxygen atoms in total. The zero-order valence-electron chi connectivity index (χ0n) is 9.48. The van der Waals surface area contributed by atoms with Crippen LogP contribution in [-0.4, -0.2) is 9.79 Å². The molecule has 0 fully saturated rings. The third-order valence-corrected chi connectivity index (χ3v) is 2.41. The Hall–Kier alpha value is -0.310. The molecule has 90 valence electrons. The number of unbranched alkanes of at least 4 members (excludes halogenated alkanes) is 3. The second-order valence-electron chi connectivity index (χ2n) is 3.50. The van der Waals surface area contributed by atoms with Crippen LogP contribution in [0.4, 0.5) is 0 Å². The highest BCUT2D eigenvalue weighted by molar-refractivity contribution is 7.46. The minimum absolute atomic E-state index is 0.429. The van der Waals surface area contributed by atoms with E-state index in [0.29, 0.717) is 12.2 Å². The Bertz CT molecular complexity index is 232. The van der Waals surface area contributed by atoms with E-state index in [9.17, 15) is 4.57 Å². The molecule has 0 atom stereocenters. The van der Waals surface area contributed by atoms with Crippen molar-refractivity contribution in [2.75, 3.05) is 0 Å². The van der Waals surface area contributed by atoms with Crippen LogP contribution in [-0.2, 0) is 9.09 Å². The summed E-state index contributed by atoms with van der Waals surface area (Å²) < 4.78 is 15.3. The molecule has 0 aromatic heterocycles. The van der Waals surface area contributed by atoms with Crippen LogP contribution in [0.5, 0.6) is 0 Å². The Morgan fingerprint density at radius 3 is 2.33 bits per heavy atom. The number of hydrogen-bond acceptors (Lipinski definition) is 2. The van der Waals surface area contributed by atoms with Crippen LogP contribution in [0.15, 0.2) is 11.8 Å². The van der Waals surface area contributed by atoms with Crippen LogP contribution >= 0.6 is 7.82 Å². The van der Waals surface area contributed by atoms with E-state index in [1.807, 2.05) is 6.92 Å². The van der Waals surface area contributed by atoms with Gasteiger partial charge in [0, 0.05) is 6.42 Å². The molecular weight excluding hydrogens is 215 g/mol. The molecule has 0 amide bonds. The number of allylic oxidation sites excluding steroid dienone is 2. The first-order valence-electron chi connectivity index (χ1n) is 5.43. The van der Waals surface area contributed by atoms with Crippen molar-refractivity contribution in [2.45, 2.75) is 52.4 Å². The molecule has 0 aromatic rings. The highest BCUT2D eigenvalue weighted by atomic mass is 31.2. The lowest BCUT2D eigenvalue weighted by molar-refractivity contribution is 0.235. The third kappa shape index (κ3) is 9.98. The Kier molecular flexibility index (Phi) is 7.75. The summed E-state index contributed by atoms with van der Waals surface area (Å²) in [5.41, 5.74) is 0. The van der Waals surface area contributed by atoms with E-state index in [4.69, 9.17) is 9.79 Å². The van der Waals surface area contributed by atoms with Gasteiger partial charge in [0.15, 0.2) is 0 Å². The van der Waals surface area contributed by atoms with E-state index in [0.717, 1.165) is 32.1 Å². The van der Waals surface area contributed by atoms with Crippen molar-refractivity contribution in [1.82, 2.24) is 0 Å². The van der Waals surface area contributed by atoms with Gasteiger partial charge in [-0.3, -0.25) is 9.79 Å². The van der Waals surface area contributed by atoms with Gasteiger partial charge in [0.25, 0.3) is 0 Å². The van der Waals surface area contributed by atoms with Crippen molar-refractivity contribution in [1.29, 1.82) is 0 Å². The predicted octanol–water partition coefficient (Wildman–Crippen LogP) is 3.36. The lowest BCUT2D eigenvalue weighted by Gasteiger charge is -2.10. The summed E-state index contributed by atoms with van der Waals surface area (Å²) in [6.45, 7) is 4.10. The average Bonchev–Trinajstić information content (AvgIpc) is 2.12. The zero-order chi connectivity index (χ0) is 11.7. The van der Waals surface area contributed by atoms with Crippen LogP contribution in [0.25, 0.3) is 0 Å². The van der Waals surface area contributed by atoms with Crippen LogP contribution in [0.2, 0.25) is 0 Å². The van der Waals surface area contributed by atoms with Gasteiger partial charge in [-0.1, -0.05) is 26.7 Å². The summed E-state index contributed by atoms with van der Waals surface area (Å²) in [5.74, 6) is 0.429. The summed E-state index contributed by atoms with van der Waals surface area (Å²) >= 11 is 0. The van der Waals surface area contributed by atoms with Gasteiger partial charge >= 0.3 is 7.82 Å². The fourth-order valence-electron chi connectivity index (χ4n) is 1.16. The maximum atomic E-state index is 10.7. The van der Waals surface area contributed by atoms with Crippen molar-refractivity contribution in [3.8, 4) is 0 Å². The molecule has 0 spiro atoms. The molecule has 0 aliphatic rings. The number of phosphoric ester groups is 1. The Labute approximate surface area is 91.6 Å². The molecule has 15 heavy (non-hydrogen) atoms. The largest absolute Gasteiger partial charge is 0.524 e. The van der Waals surface area contributed by atoms with E-state index >= 15 is 0 Å². The first-order valence-corrected chi connectivity index (χ1v) is 6.96. The minimum atomic E-state index is -4.38. The van der Waals surface area contributed by atoms with E-state index in [-0.39, 0.29) is 0 Å². The van der Waals surface area contributed by atoms with Crippen LogP contribution in [0.3, 0.4) is 0 Å². The highest BCUT2D eigenvalue weighted by Gasteiger charge is 2.16. The van der Waals surface area contributed by atoms with Crippen molar-refractivity contribution in [3.63, 3.8) is 0 Å². The van der Waals surface area contributed by atoms with E-state index in [2.05, 4.69) is 11.4 Å². The van der Waals surface area contributed by atoms with Gasteiger partial charge in [-0.15, -0.1) is 0 Å². The molecule has 0 saturated carbocycles. The maximum absolute atomic E-state index is 10.7. The molecule has 0 heterocycles. The number of phosphoric acid groups is 1. The Morgan fingerprint density at radius 1 is 1.27 bits per heavy atom. The lowest BCUT2D eigenvalue weighted by atomic mass is 10.2. The van der Waals surface area contributed by atoms with Crippen LogP contribution < -0.4 is 0 Å². The van der Waals surface area contributed by atoms with Crippen molar-refractivity contribution < 1.29 is 18.9 Å². The van der Waals surface area contributed by atoms with Gasteiger partial charge in [0.2, 0.25) is 0 Å². The van der Waals surface area contributed by atoms with Gasteiger partial charge in [0.1, 0.15) is 5.76 Å². The summed E-state index contributed by atoms with van der Waals surface area (Å²) in [6, 6.07) is 0. The first kappa shape index (κ1) is 14.7. The van der Waals surface area contributed by atoms with Crippen molar-refractivity contribution in [3.05, 3.63) is 11.8 Å². The molecule has 2 N–H and O–H groups in total. The molecule has 0 radical (unpaired) electrons. The van der Waals surface area contributed by atoms with Gasteiger partial charge < -0.3 is 4.52 Å². The molecule has 0 aromatic carbocycles. The standard InChI is InChI=1S/C10H21O4P/c1-3-5-7-9-10(8-6-4-2)14-15(11,12)13/h9H,3-8H2,1-2H3,(H2,11,12,13). The predicted molar refractivity (Wildman–Crippen MR) is 60.3 cm³/mol. The van der Waals surface area contributed by atoms with E-state index < -0.39 is 7.82 Å². The smallest absolute Gasteiger partial charge is 0.409 e. The fourth-order valence-corrected chi connectivity index (χ4v) is 1.63. The van der Waals surface area contributed by atoms with Crippen molar-refractivity contribution in [2.24, 2.45) is 0 Å². The molecule has 0 rings (SSSR count). The second kappa shape index (κ2) is 7.91. The molecule has 0 bridgehead atoms. The number of rotatable bonds is 8. The summed E-state index contributed by atoms with van der Waals surface area (Å²) in [6.07, 6.45) is 7.15. The molecule has 5 heteroatoms. The molecular formula is C10H21O4P. The second-order valence-corrected chi connectivity index (χ2v) is 4.66. The monoisotopic (exact) mass is 236 g/mol. The van der Waals surface area contributed by atoms with E-state index in [1.54, 1.807) is 6.08 Å². The van der Waals surface area contributed by atoms with Gasteiger partial charge in [-0.2, -0.15) is 0 Å². The minimum Gasteiger partial charge on any atom is -0.409 e. The highest BCUT2D eigenvalue weighted by Crippen LogP contribution is 2.40. The summed E-state index contributed by atoms with van der Waals surface area (Å²) in [7, 11) is -4.38. The summed E-state index contributed by atoms with van der Waals surface area (Å²) in [5, 5.41) is 0. The molecule has 0 aliphatic heterocycles. The zero-order valence-corrected chi connectivity index (χ0v) is 10.4. The maximum Gasteiger partial charge on any atom is 0.524 e. The summed E-state index contributed by atoms with van der Waals surface area (Å²) in [4.78, 5) is 17.4. The first-order chi connectivity index (χ1) is 6.99. The van der Waals surface area contributed by atoms with Crippen molar-refractivity contribution >= 4 is 7.82 Å². The fraction of sp³-hybridized carbons (Fsp3) is 0.800. The normalized spacial score (nSPS) is 12.9. The Morgan fingerprint density at radius 2 is 1.87 bits per heavy atom. The number of hydrogen-bond donors (Lipinski definition) is 2. The lowest BCUT2D eigenvalue weighted by Crippen LogP contribution is -1.91. The average molecular weight is 236 g/mol. The SMILES string of the molecule is CCCCC=C(CCCC)OP(=O)(O)O. The molecule has 0 aliphatic carbocycles. The topological polar surface area (TPSA) is 66.8 Å². The molecule has 0 saturated heterocycles. The Balaban J connectivity index is 4.17. The van der Waals surface area contributed by atoms with E-state index in [1.165, 1.54) is 0 Å². The third-order valence-electron chi connectivity index (χ3n) is 1.94. The van der Waals surface area contributed by atoms with Crippen LogP contribution in [0, 0.1) is 0 Å². The van der Waals surface area contributed by atoms with Gasteiger partial charge in [-0.25, -0.2) is 4.57 Å². The van der Waals surface area contributed by atoms with Gasteiger partial charge in [0.05, 0.1) is 0 Å². The molecule has 0 unspecified atom stereocenters.